The van der Waals surface area contributed by atoms with Crippen LogP contribution in [-0.4, -0.2) is 20.1 Å². The first kappa shape index (κ1) is 15.6. The summed E-state index contributed by atoms with van der Waals surface area (Å²) in [7, 11) is 3.36. The number of anilines is 1. The van der Waals surface area contributed by atoms with E-state index in [1.165, 1.54) is 0 Å². The van der Waals surface area contributed by atoms with Gasteiger partial charge < -0.3 is 9.64 Å². The number of hydrogen-bond donors (Lipinski definition) is 0. The van der Waals surface area contributed by atoms with Crippen molar-refractivity contribution < 1.29 is 9.53 Å². The van der Waals surface area contributed by atoms with Crippen LogP contribution in [0.25, 0.3) is 10.8 Å². The monoisotopic (exact) mass is 369 g/mol. The zero-order valence-corrected chi connectivity index (χ0v) is 14.5. The van der Waals surface area contributed by atoms with Crippen LogP contribution >= 0.6 is 15.9 Å². The summed E-state index contributed by atoms with van der Waals surface area (Å²) in [5.74, 6) is 0.564. The normalized spacial score (nSPS) is 10.6. The Hall–Kier alpha value is -2.33. The summed E-state index contributed by atoms with van der Waals surface area (Å²) >= 11 is 3.44. The third-order valence-corrected chi connectivity index (χ3v) is 4.52. The van der Waals surface area contributed by atoms with Gasteiger partial charge in [-0.2, -0.15) is 0 Å². The molecule has 0 aromatic heterocycles. The van der Waals surface area contributed by atoms with E-state index in [0.717, 1.165) is 20.9 Å². The fourth-order valence-electron chi connectivity index (χ4n) is 2.48. The zero-order chi connectivity index (χ0) is 16.4. The number of methoxy groups -OCH3 is 1. The Morgan fingerprint density at radius 1 is 1.00 bits per heavy atom. The molecule has 0 bridgehead atoms. The van der Waals surface area contributed by atoms with E-state index in [2.05, 4.69) is 22.0 Å². The Labute approximate surface area is 143 Å². The summed E-state index contributed by atoms with van der Waals surface area (Å²) in [6.07, 6.45) is 0. The number of fused-ring (bicyclic) bond motifs is 1. The minimum Gasteiger partial charge on any atom is -0.497 e. The second-order valence-corrected chi connectivity index (χ2v) is 6.10. The van der Waals surface area contributed by atoms with E-state index >= 15 is 0 Å². The molecule has 1 amide bonds. The molecule has 0 N–H and O–H groups in total. The topological polar surface area (TPSA) is 29.5 Å². The van der Waals surface area contributed by atoms with E-state index in [9.17, 15) is 4.79 Å². The highest BCUT2D eigenvalue weighted by Gasteiger charge is 2.17. The molecule has 0 aliphatic carbocycles. The van der Waals surface area contributed by atoms with Gasteiger partial charge in [-0.3, -0.25) is 4.79 Å². The largest absolute Gasteiger partial charge is 0.497 e. The fraction of sp³-hybridized carbons (Fsp3) is 0.105. The molecule has 0 fully saturated rings. The van der Waals surface area contributed by atoms with E-state index in [0.29, 0.717) is 11.3 Å². The Morgan fingerprint density at radius 2 is 1.74 bits per heavy atom. The molecule has 3 rings (SSSR count). The fourth-order valence-corrected chi connectivity index (χ4v) is 2.89. The minimum absolute atomic E-state index is 0.0916. The van der Waals surface area contributed by atoms with E-state index < -0.39 is 0 Å². The summed E-state index contributed by atoms with van der Waals surface area (Å²) in [6.45, 7) is 0. The molecule has 0 aliphatic rings. The lowest BCUT2D eigenvalue weighted by Gasteiger charge is -2.19. The maximum absolute atomic E-state index is 12.8. The molecule has 0 aliphatic heterocycles. The third kappa shape index (κ3) is 3.08. The summed E-state index contributed by atoms with van der Waals surface area (Å²) < 4.78 is 5.96. The summed E-state index contributed by atoms with van der Waals surface area (Å²) in [6, 6.07) is 19.5. The predicted octanol–water partition coefficient (Wildman–Crippen LogP) is 4.89. The second-order valence-electron chi connectivity index (χ2n) is 5.24. The number of benzene rings is 3. The molecule has 3 aromatic carbocycles. The molecule has 0 saturated heterocycles. The Morgan fingerprint density at radius 3 is 2.48 bits per heavy atom. The SMILES string of the molecule is COc1ccc(Br)c(C(=O)N(C)c2ccc3ccccc3c2)c1. The highest BCUT2D eigenvalue weighted by molar-refractivity contribution is 9.10. The van der Waals surface area contributed by atoms with Gasteiger partial charge in [-0.05, 0) is 57.0 Å². The number of ether oxygens (including phenoxy) is 1. The molecule has 23 heavy (non-hydrogen) atoms. The van der Waals surface area contributed by atoms with E-state index in [1.54, 1.807) is 25.1 Å². The number of halogens is 1. The number of hydrogen-bond acceptors (Lipinski definition) is 2. The first-order chi connectivity index (χ1) is 11.1. The summed E-state index contributed by atoms with van der Waals surface area (Å²) in [5.41, 5.74) is 1.42. The lowest BCUT2D eigenvalue weighted by Crippen LogP contribution is -2.26. The lowest BCUT2D eigenvalue weighted by molar-refractivity contribution is 0.0992. The van der Waals surface area contributed by atoms with Crippen molar-refractivity contribution in [2.45, 2.75) is 0 Å². The van der Waals surface area contributed by atoms with Crippen molar-refractivity contribution in [3.05, 3.63) is 70.7 Å². The Kier molecular flexibility index (Phi) is 4.35. The first-order valence-electron chi connectivity index (χ1n) is 7.20. The quantitative estimate of drug-likeness (QED) is 0.657. The van der Waals surface area contributed by atoms with Crippen molar-refractivity contribution in [1.29, 1.82) is 0 Å². The van der Waals surface area contributed by atoms with Gasteiger partial charge in [0.2, 0.25) is 0 Å². The van der Waals surface area contributed by atoms with Crippen molar-refractivity contribution in [2.24, 2.45) is 0 Å². The number of nitrogens with zero attached hydrogens (tertiary/aromatic N) is 1. The van der Waals surface area contributed by atoms with Crippen LogP contribution in [0.1, 0.15) is 10.4 Å². The molecule has 0 unspecified atom stereocenters. The highest BCUT2D eigenvalue weighted by Crippen LogP contribution is 2.27. The first-order valence-corrected chi connectivity index (χ1v) is 8.00. The molecule has 0 radical (unpaired) electrons. The third-order valence-electron chi connectivity index (χ3n) is 3.83. The maximum atomic E-state index is 12.8. The maximum Gasteiger partial charge on any atom is 0.259 e. The van der Waals surface area contributed by atoms with Crippen molar-refractivity contribution in [3.8, 4) is 5.75 Å². The van der Waals surface area contributed by atoms with E-state index in [-0.39, 0.29) is 5.91 Å². The number of carbonyl (C=O) groups is 1. The van der Waals surface area contributed by atoms with Gasteiger partial charge in [-0.15, -0.1) is 0 Å². The van der Waals surface area contributed by atoms with E-state index in [1.807, 2.05) is 48.5 Å². The van der Waals surface area contributed by atoms with Crippen molar-refractivity contribution in [1.82, 2.24) is 0 Å². The van der Waals surface area contributed by atoms with Crippen LogP contribution < -0.4 is 9.64 Å². The Bertz CT molecular complexity index is 876. The molecule has 3 aromatic rings. The molecule has 3 nitrogen and oxygen atoms in total. The molecular formula is C19H16BrNO2. The van der Waals surface area contributed by atoms with Crippen LogP contribution in [0.2, 0.25) is 0 Å². The van der Waals surface area contributed by atoms with Gasteiger partial charge >= 0.3 is 0 Å². The van der Waals surface area contributed by atoms with Crippen molar-refractivity contribution in [3.63, 3.8) is 0 Å². The van der Waals surface area contributed by atoms with Gasteiger partial charge in [-0.25, -0.2) is 0 Å². The number of rotatable bonds is 3. The molecule has 0 atom stereocenters. The van der Waals surface area contributed by atoms with E-state index in [4.69, 9.17) is 4.74 Å². The zero-order valence-electron chi connectivity index (χ0n) is 12.9. The highest BCUT2D eigenvalue weighted by atomic mass is 79.9. The van der Waals surface area contributed by atoms with Gasteiger partial charge in [0.15, 0.2) is 0 Å². The van der Waals surface area contributed by atoms with Crippen LogP contribution in [0.4, 0.5) is 5.69 Å². The molecule has 4 heteroatoms. The second kappa shape index (κ2) is 6.42. The standard InChI is InChI=1S/C19H16BrNO2/c1-21(15-8-7-13-5-3-4-6-14(13)11-15)19(22)17-12-16(23-2)9-10-18(17)20/h3-12H,1-2H3. The van der Waals surface area contributed by atoms with Crippen molar-refractivity contribution in [2.75, 3.05) is 19.1 Å². The average molecular weight is 370 g/mol. The average Bonchev–Trinajstić information content (AvgIpc) is 2.60. The van der Waals surface area contributed by atoms with Gasteiger partial charge in [0.25, 0.3) is 5.91 Å². The summed E-state index contributed by atoms with van der Waals surface area (Å²) in [5, 5.41) is 2.26. The van der Waals surface area contributed by atoms with Crippen LogP contribution in [-0.2, 0) is 0 Å². The van der Waals surface area contributed by atoms with Crippen LogP contribution in [0, 0.1) is 0 Å². The molecular weight excluding hydrogens is 354 g/mol. The smallest absolute Gasteiger partial charge is 0.259 e. The molecule has 0 saturated carbocycles. The van der Waals surface area contributed by atoms with Gasteiger partial charge in [0.05, 0.1) is 12.7 Å². The van der Waals surface area contributed by atoms with Crippen LogP contribution in [0.15, 0.2) is 65.1 Å². The van der Waals surface area contributed by atoms with Crippen molar-refractivity contribution >= 4 is 38.3 Å². The Balaban J connectivity index is 1.97. The van der Waals surface area contributed by atoms with Crippen LogP contribution in [0.5, 0.6) is 5.75 Å². The molecule has 0 heterocycles. The molecule has 116 valence electrons. The lowest BCUT2D eigenvalue weighted by atomic mass is 10.1. The number of carbonyl (C=O) groups excluding carboxylic acids is 1. The van der Waals surface area contributed by atoms with Gasteiger partial charge in [0, 0.05) is 17.2 Å². The molecule has 0 spiro atoms. The predicted molar refractivity (Wildman–Crippen MR) is 97.4 cm³/mol. The minimum atomic E-state index is -0.0916. The van der Waals surface area contributed by atoms with Gasteiger partial charge in [0.1, 0.15) is 5.75 Å². The van der Waals surface area contributed by atoms with Gasteiger partial charge in [-0.1, -0.05) is 30.3 Å². The summed E-state index contributed by atoms with van der Waals surface area (Å²) in [4.78, 5) is 14.5. The number of amides is 1. The van der Waals surface area contributed by atoms with Crippen LogP contribution in [0.3, 0.4) is 0 Å².